The second-order valence-corrected chi connectivity index (χ2v) is 11.3. The number of allylic oxidation sites excluding steroid dienone is 12. The van der Waals surface area contributed by atoms with Crippen LogP contribution in [0.15, 0.2) is 201 Å². The van der Waals surface area contributed by atoms with Crippen LogP contribution in [0.5, 0.6) is 0 Å². The second-order valence-electron chi connectivity index (χ2n) is 11.3. The topological polar surface area (TPSA) is 6.48 Å². The number of rotatable bonds is 13. The van der Waals surface area contributed by atoms with Crippen molar-refractivity contribution in [2.75, 3.05) is 9.80 Å². The van der Waals surface area contributed by atoms with Crippen LogP contribution < -0.4 is 9.80 Å². The second kappa shape index (κ2) is 16.1. The summed E-state index contributed by atoms with van der Waals surface area (Å²) in [4.78, 5) is 4.66. The van der Waals surface area contributed by atoms with E-state index in [1.54, 1.807) is 0 Å². The molecule has 0 aromatic heterocycles. The molecular weight excluding hydrogens is 581 g/mol. The van der Waals surface area contributed by atoms with E-state index in [2.05, 4.69) is 183 Å². The van der Waals surface area contributed by atoms with Gasteiger partial charge in [0.15, 0.2) is 0 Å². The molecule has 2 nitrogen and oxygen atoms in total. The van der Waals surface area contributed by atoms with E-state index in [0.29, 0.717) is 0 Å². The molecule has 0 unspecified atom stereocenters. The SMILES string of the molecule is C=C/C=C\C(=C/C)N(C(/C=C\C)=C/C=C)c1cc2c3ccccc3c(N(C(/C=C\CC)=C/C=C)c3ccccc3)cc2c2ccccc12. The Morgan fingerprint density at radius 2 is 1.15 bits per heavy atom. The Labute approximate surface area is 286 Å². The highest BCUT2D eigenvalue weighted by molar-refractivity contribution is 6.24. The van der Waals surface area contributed by atoms with E-state index in [9.17, 15) is 0 Å². The molecule has 0 heterocycles. The molecule has 5 aromatic rings. The van der Waals surface area contributed by atoms with Crippen molar-refractivity contribution >= 4 is 49.4 Å². The molecule has 0 spiro atoms. The number of para-hydroxylation sites is 1. The molecule has 0 bridgehead atoms. The fourth-order valence-electron chi connectivity index (χ4n) is 6.24. The Kier molecular flexibility index (Phi) is 11.2. The Morgan fingerprint density at radius 1 is 0.583 bits per heavy atom. The van der Waals surface area contributed by atoms with E-state index in [0.717, 1.165) is 51.3 Å². The molecule has 0 fully saturated rings. The lowest BCUT2D eigenvalue weighted by atomic mass is 9.93. The van der Waals surface area contributed by atoms with Gasteiger partial charge in [0.05, 0.1) is 11.4 Å². The van der Waals surface area contributed by atoms with E-state index in [1.165, 1.54) is 21.5 Å². The molecule has 238 valence electrons. The van der Waals surface area contributed by atoms with Crippen molar-refractivity contribution in [2.45, 2.75) is 27.2 Å². The third-order valence-electron chi connectivity index (χ3n) is 8.25. The van der Waals surface area contributed by atoms with Gasteiger partial charge in [0.1, 0.15) is 0 Å². The van der Waals surface area contributed by atoms with E-state index >= 15 is 0 Å². The summed E-state index contributed by atoms with van der Waals surface area (Å²) in [6.07, 6.45) is 25.4. The van der Waals surface area contributed by atoms with Crippen molar-refractivity contribution in [1.29, 1.82) is 0 Å². The molecule has 0 saturated heterocycles. The lowest BCUT2D eigenvalue weighted by molar-refractivity contribution is 1.14. The van der Waals surface area contributed by atoms with E-state index in [1.807, 2.05) is 31.2 Å². The molecule has 48 heavy (non-hydrogen) atoms. The zero-order chi connectivity index (χ0) is 33.9. The number of benzene rings is 5. The molecule has 0 saturated carbocycles. The van der Waals surface area contributed by atoms with Crippen molar-refractivity contribution in [3.8, 4) is 0 Å². The van der Waals surface area contributed by atoms with Crippen LogP contribution in [-0.2, 0) is 0 Å². The fourth-order valence-corrected chi connectivity index (χ4v) is 6.24. The molecule has 0 aliphatic heterocycles. The van der Waals surface area contributed by atoms with Gasteiger partial charge in [0.2, 0.25) is 0 Å². The lowest BCUT2D eigenvalue weighted by Gasteiger charge is -2.31. The van der Waals surface area contributed by atoms with Gasteiger partial charge in [-0.2, -0.15) is 0 Å². The molecule has 0 amide bonds. The average Bonchev–Trinajstić information content (AvgIpc) is 3.13. The lowest BCUT2D eigenvalue weighted by Crippen LogP contribution is -2.20. The van der Waals surface area contributed by atoms with E-state index in [-0.39, 0.29) is 0 Å². The van der Waals surface area contributed by atoms with Crippen LogP contribution in [0, 0.1) is 0 Å². The van der Waals surface area contributed by atoms with Crippen LogP contribution in [0.4, 0.5) is 17.1 Å². The number of hydrogen-bond acceptors (Lipinski definition) is 2. The summed E-state index contributed by atoms with van der Waals surface area (Å²) < 4.78 is 0. The third-order valence-corrected chi connectivity index (χ3v) is 8.25. The predicted molar refractivity (Wildman–Crippen MR) is 214 cm³/mol. The quantitative estimate of drug-likeness (QED) is 0.0950. The average molecular weight is 625 g/mol. The van der Waals surface area contributed by atoms with Crippen LogP contribution in [0.2, 0.25) is 0 Å². The highest BCUT2D eigenvalue weighted by Gasteiger charge is 2.22. The minimum atomic E-state index is 0.936. The van der Waals surface area contributed by atoms with E-state index < -0.39 is 0 Å². The minimum absolute atomic E-state index is 0.936. The molecule has 0 radical (unpaired) electrons. The number of anilines is 3. The van der Waals surface area contributed by atoms with Gasteiger partial charge >= 0.3 is 0 Å². The first-order valence-corrected chi connectivity index (χ1v) is 16.5. The summed E-state index contributed by atoms with van der Waals surface area (Å²) in [7, 11) is 0. The smallest absolute Gasteiger partial charge is 0.0546 e. The molecule has 2 heteroatoms. The molecule has 0 aliphatic carbocycles. The molecule has 0 atom stereocenters. The van der Waals surface area contributed by atoms with Crippen LogP contribution in [-0.4, -0.2) is 0 Å². The summed E-state index contributed by atoms with van der Waals surface area (Å²) in [5, 5.41) is 7.03. The van der Waals surface area contributed by atoms with Crippen LogP contribution in [0.25, 0.3) is 32.3 Å². The zero-order valence-corrected chi connectivity index (χ0v) is 28.3. The normalized spacial score (nSPS) is 12.9. The minimum Gasteiger partial charge on any atom is -0.310 e. The Hall–Kier alpha value is -5.86. The molecule has 5 rings (SSSR count). The highest BCUT2D eigenvalue weighted by atomic mass is 15.2. The molecule has 0 aliphatic rings. The predicted octanol–water partition coefficient (Wildman–Crippen LogP) is 13.4. The summed E-state index contributed by atoms with van der Waals surface area (Å²) in [6.45, 7) is 18.3. The van der Waals surface area contributed by atoms with Gasteiger partial charge in [-0.15, -0.1) is 0 Å². The fraction of sp³-hybridized carbons (Fsp3) is 0.0870. The maximum absolute atomic E-state index is 4.07. The maximum Gasteiger partial charge on any atom is 0.0546 e. The van der Waals surface area contributed by atoms with Gasteiger partial charge in [0.25, 0.3) is 0 Å². The van der Waals surface area contributed by atoms with Crippen LogP contribution in [0.1, 0.15) is 27.2 Å². The Balaban J connectivity index is 1.95. The first-order valence-electron chi connectivity index (χ1n) is 16.5. The van der Waals surface area contributed by atoms with Gasteiger partial charge < -0.3 is 9.80 Å². The molecule has 5 aromatic carbocycles. The van der Waals surface area contributed by atoms with Crippen molar-refractivity contribution in [2.24, 2.45) is 0 Å². The maximum atomic E-state index is 4.07. The number of hydrogen-bond donors (Lipinski definition) is 0. The van der Waals surface area contributed by atoms with Gasteiger partial charge in [-0.3, -0.25) is 0 Å². The summed E-state index contributed by atoms with van der Waals surface area (Å²) in [6, 6.07) is 32.7. The first-order chi connectivity index (χ1) is 23.6. The standard InChI is InChI=1S/C46H44N2/c1-7-13-25-35(12-6)47(36(22-9-3)23-10-4)45-33-43-40-30-19-21-32-42(40)46(34-44(43)39-29-18-20-31-41(39)45)48(38-27-16-15-17-28-38)37(24-11-5)26-14-8-2/h7,9-34H,1,3,5,8H2,2,4,6H3/b23-10-,25-13-,26-14-,35-12+,36-22+,37-24+. The molecular formula is C46H44N2. The van der Waals surface area contributed by atoms with Crippen LogP contribution in [0.3, 0.4) is 0 Å². The van der Waals surface area contributed by atoms with Gasteiger partial charge in [0, 0.05) is 33.6 Å². The molecule has 0 N–H and O–H groups in total. The summed E-state index contributed by atoms with van der Waals surface area (Å²) >= 11 is 0. The van der Waals surface area contributed by atoms with Gasteiger partial charge in [-0.05, 0) is 96.5 Å². The van der Waals surface area contributed by atoms with E-state index in [4.69, 9.17) is 0 Å². The first kappa shape index (κ1) is 33.5. The summed E-state index contributed by atoms with van der Waals surface area (Å²) in [5.41, 5.74) is 6.37. The van der Waals surface area contributed by atoms with Gasteiger partial charge in [-0.25, -0.2) is 0 Å². The Bertz CT molecular complexity index is 2130. The third kappa shape index (κ3) is 6.79. The van der Waals surface area contributed by atoms with Crippen molar-refractivity contribution in [3.63, 3.8) is 0 Å². The van der Waals surface area contributed by atoms with Crippen molar-refractivity contribution in [1.82, 2.24) is 0 Å². The van der Waals surface area contributed by atoms with Crippen LogP contribution >= 0.6 is 0 Å². The van der Waals surface area contributed by atoms with Crippen molar-refractivity contribution < 1.29 is 0 Å². The highest BCUT2D eigenvalue weighted by Crippen LogP contribution is 2.45. The van der Waals surface area contributed by atoms with Crippen molar-refractivity contribution in [3.05, 3.63) is 201 Å². The van der Waals surface area contributed by atoms with Gasteiger partial charge in [-0.1, -0.05) is 136 Å². The monoisotopic (exact) mass is 624 g/mol. The zero-order valence-electron chi connectivity index (χ0n) is 28.3. The summed E-state index contributed by atoms with van der Waals surface area (Å²) in [5.74, 6) is 0. The number of fused-ring (bicyclic) bond motifs is 5. The Morgan fingerprint density at radius 3 is 1.71 bits per heavy atom. The largest absolute Gasteiger partial charge is 0.310 e. The number of nitrogens with zero attached hydrogens (tertiary/aromatic N) is 2.